The number of carbonyl (C=O) groups is 2. The Morgan fingerprint density at radius 3 is 2.23 bits per heavy atom. The fourth-order valence-electron chi connectivity index (χ4n) is 8.32. The highest BCUT2D eigenvalue weighted by Crippen LogP contribution is 2.55. The summed E-state index contributed by atoms with van der Waals surface area (Å²) in [6.45, 7) is 20.7. The summed E-state index contributed by atoms with van der Waals surface area (Å²) in [5.74, 6) is 1.03. The smallest absolute Gasteiger partial charge is 0.376 e. The van der Waals surface area contributed by atoms with Crippen LogP contribution in [0.4, 0.5) is 5.69 Å². The molecule has 2 aromatic rings. The van der Waals surface area contributed by atoms with Gasteiger partial charge in [0.05, 0.1) is 19.8 Å². The van der Waals surface area contributed by atoms with Crippen molar-refractivity contribution >= 4 is 30.1 Å². The molecule has 3 fully saturated rings. The van der Waals surface area contributed by atoms with Crippen molar-refractivity contribution in [1.29, 1.82) is 5.26 Å². The molecule has 1 saturated carbocycles. The number of nitriles is 1. The Balaban J connectivity index is 1.08. The maximum absolute atomic E-state index is 13.5. The number of anilines is 1. The van der Waals surface area contributed by atoms with Crippen LogP contribution in [0, 0.1) is 28.1 Å². The Labute approximate surface area is 308 Å². The van der Waals surface area contributed by atoms with Crippen LogP contribution in [0.25, 0.3) is 0 Å². The third kappa shape index (κ3) is 8.26. The minimum atomic E-state index is -0.599. The molecular weight excluding hydrogens is 658 g/mol. The molecule has 1 aliphatic carbocycles. The summed E-state index contributed by atoms with van der Waals surface area (Å²) in [6.07, 6.45) is 3.76. The van der Waals surface area contributed by atoms with Gasteiger partial charge in [0.25, 0.3) is 5.91 Å². The van der Waals surface area contributed by atoms with Gasteiger partial charge in [-0.25, -0.2) is 14.8 Å². The topological polar surface area (TPSA) is 132 Å². The van der Waals surface area contributed by atoms with E-state index >= 15 is 0 Å². The normalized spacial score (nSPS) is 22.1. The number of aliphatic imine (C=N–C) groups is 2. The Morgan fingerprint density at radius 2 is 1.65 bits per heavy atom. The first-order valence-corrected chi connectivity index (χ1v) is 18.0. The number of ether oxygens (including phenoxy) is 3. The molecule has 5 rings (SSSR count). The minimum absolute atomic E-state index is 0.0458. The summed E-state index contributed by atoms with van der Waals surface area (Å²) >= 11 is 0. The van der Waals surface area contributed by atoms with E-state index in [9.17, 15) is 14.9 Å². The highest BCUT2D eigenvalue weighted by molar-refractivity contribution is 6.36. The number of piperazine rings is 1. The van der Waals surface area contributed by atoms with Gasteiger partial charge in [0.2, 0.25) is 5.84 Å². The molecule has 0 radical (unpaired) electrons. The van der Waals surface area contributed by atoms with E-state index in [4.69, 9.17) is 9.47 Å². The lowest BCUT2D eigenvalue weighted by Crippen LogP contribution is -2.74. The standard InChI is InChI=1S/C40H53N7O5/c1-27(25-43-34(42-6)36(49)51-8)46-21-19-45(20-22-46)26-28-15-17-47(18-16-28)31-12-9-29(10-13-31)35(48)44-37-39(2,3)38(40(37,4)5)52-32-14-11-30(24-41)33(23-32)50-7/h9-14,23,25,28,37-38H,6,15-22,26H2,1-5,7-8H3,(H,44,48)/b27-25+,43-34?. The lowest BCUT2D eigenvalue weighted by Gasteiger charge is -2.63. The van der Waals surface area contributed by atoms with Crippen molar-refractivity contribution < 1.29 is 23.8 Å². The number of allylic oxidation sites excluding steroid dienone is 1. The summed E-state index contributed by atoms with van der Waals surface area (Å²) in [4.78, 5) is 40.2. The first-order valence-electron chi connectivity index (χ1n) is 18.0. The van der Waals surface area contributed by atoms with Crippen LogP contribution < -0.4 is 19.7 Å². The molecule has 12 heteroatoms. The Hall–Kier alpha value is -4.89. The number of esters is 1. The van der Waals surface area contributed by atoms with Crippen molar-refractivity contribution in [3.63, 3.8) is 0 Å². The Kier molecular flexibility index (Phi) is 11.9. The van der Waals surface area contributed by atoms with Gasteiger partial charge in [-0.2, -0.15) is 5.26 Å². The van der Waals surface area contributed by atoms with Crippen LogP contribution in [0.1, 0.15) is 63.4 Å². The van der Waals surface area contributed by atoms with E-state index in [1.165, 1.54) is 14.2 Å². The van der Waals surface area contributed by atoms with E-state index in [1.54, 1.807) is 24.4 Å². The lowest BCUT2D eigenvalue weighted by molar-refractivity contribution is -0.164. The van der Waals surface area contributed by atoms with Gasteiger partial charge in [0.15, 0.2) is 0 Å². The average Bonchev–Trinajstić information content (AvgIpc) is 3.16. The number of piperidine rings is 1. The van der Waals surface area contributed by atoms with Gasteiger partial charge < -0.3 is 29.3 Å². The second-order valence-corrected chi connectivity index (χ2v) is 15.2. The van der Waals surface area contributed by atoms with Crippen molar-refractivity contribution in [3.05, 3.63) is 65.5 Å². The number of hydrogen-bond donors (Lipinski definition) is 1. The quantitative estimate of drug-likeness (QED) is 0.202. The maximum atomic E-state index is 13.5. The second kappa shape index (κ2) is 16.2. The molecule has 1 N–H and O–H groups in total. The molecular formula is C40H53N7O5. The van der Waals surface area contributed by atoms with Crippen molar-refractivity contribution in [2.24, 2.45) is 26.7 Å². The van der Waals surface area contributed by atoms with Crippen LogP contribution in [0.15, 0.2) is 64.3 Å². The van der Waals surface area contributed by atoms with Gasteiger partial charge in [-0.3, -0.25) is 9.69 Å². The van der Waals surface area contributed by atoms with Crippen LogP contribution >= 0.6 is 0 Å². The molecule has 12 nitrogen and oxygen atoms in total. The largest absolute Gasteiger partial charge is 0.495 e. The first-order chi connectivity index (χ1) is 24.8. The number of nitrogens with zero attached hydrogens (tertiary/aromatic N) is 6. The molecule has 0 unspecified atom stereocenters. The number of hydrogen-bond acceptors (Lipinski definition) is 10. The molecule has 0 spiro atoms. The number of amides is 1. The van der Waals surface area contributed by atoms with Gasteiger partial charge in [-0.05, 0) is 68.8 Å². The number of rotatable bonds is 10. The van der Waals surface area contributed by atoms with Crippen molar-refractivity contribution in [2.75, 3.05) is 64.9 Å². The molecule has 3 aliphatic rings. The summed E-state index contributed by atoms with van der Waals surface area (Å²) in [7, 11) is 2.84. The van der Waals surface area contributed by atoms with E-state index in [0.717, 1.165) is 70.0 Å². The number of nitrogens with one attached hydrogen (secondary N) is 1. The summed E-state index contributed by atoms with van der Waals surface area (Å²) in [6, 6.07) is 15.3. The van der Waals surface area contributed by atoms with Crippen molar-refractivity contribution in [2.45, 2.75) is 59.6 Å². The van der Waals surface area contributed by atoms with E-state index in [1.807, 2.05) is 19.1 Å². The zero-order valence-corrected chi connectivity index (χ0v) is 31.6. The van der Waals surface area contributed by atoms with E-state index in [2.05, 4.69) is 87.4 Å². The molecule has 2 saturated heterocycles. The van der Waals surface area contributed by atoms with Gasteiger partial charge in [0.1, 0.15) is 23.7 Å². The molecule has 2 aromatic carbocycles. The lowest BCUT2D eigenvalue weighted by atomic mass is 9.49. The second-order valence-electron chi connectivity index (χ2n) is 15.2. The highest BCUT2D eigenvalue weighted by Gasteiger charge is 2.64. The van der Waals surface area contributed by atoms with Gasteiger partial charge in [0, 0.05) is 91.9 Å². The van der Waals surface area contributed by atoms with Crippen LogP contribution in [0.3, 0.4) is 0 Å². The van der Waals surface area contributed by atoms with Crippen LogP contribution in [-0.2, 0) is 9.53 Å². The molecule has 2 heterocycles. The SMILES string of the molecule is C=NC(=N/C=C(\C)N1CCN(CC2CCN(c3ccc(C(=O)NC4C(C)(C)C(Oc5ccc(C#N)c(OC)c5)C4(C)C)cc3)CC2)CC1)C(=O)OC. The van der Waals surface area contributed by atoms with E-state index < -0.39 is 5.97 Å². The number of benzene rings is 2. The summed E-state index contributed by atoms with van der Waals surface area (Å²) in [5, 5.41) is 12.6. The summed E-state index contributed by atoms with van der Waals surface area (Å²) < 4.78 is 16.5. The molecule has 0 atom stereocenters. The maximum Gasteiger partial charge on any atom is 0.376 e. The van der Waals surface area contributed by atoms with Crippen molar-refractivity contribution in [1.82, 2.24) is 15.1 Å². The van der Waals surface area contributed by atoms with Crippen LogP contribution in [0.2, 0.25) is 0 Å². The van der Waals surface area contributed by atoms with Crippen LogP contribution in [0.5, 0.6) is 11.5 Å². The number of carbonyl (C=O) groups excluding carboxylic acids is 2. The predicted octanol–water partition coefficient (Wildman–Crippen LogP) is 5.15. The molecule has 0 bridgehead atoms. The molecule has 1 amide bonds. The number of methoxy groups -OCH3 is 2. The zero-order valence-electron chi connectivity index (χ0n) is 31.6. The average molecular weight is 712 g/mol. The Morgan fingerprint density at radius 1 is 1.00 bits per heavy atom. The monoisotopic (exact) mass is 711 g/mol. The van der Waals surface area contributed by atoms with Crippen molar-refractivity contribution in [3.8, 4) is 17.6 Å². The first kappa shape index (κ1) is 38.3. The third-order valence-electron chi connectivity index (χ3n) is 11.1. The highest BCUT2D eigenvalue weighted by atomic mass is 16.5. The van der Waals surface area contributed by atoms with Gasteiger partial charge in [-0.15, -0.1) is 0 Å². The van der Waals surface area contributed by atoms with Gasteiger partial charge >= 0.3 is 5.97 Å². The zero-order chi connectivity index (χ0) is 37.6. The van der Waals surface area contributed by atoms with Gasteiger partial charge in [-0.1, -0.05) is 27.7 Å². The minimum Gasteiger partial charge on any atom is -0.495 e. The third-order valence-corrected chi connectivity index (χ3v) is 11.1. The fourth-order valence-corrected chi connectivity index (χ4v) is 8.32. The van der Waals surface area contributed by atoms with E-state index in [-0.39, 0.29) is 34.7 Å². The van der Waals surface area contributed by atoms with E-state index in [0.29, 0.717) is 28.5 Å². The fraction of sp³-hybridized carbons (Fsp3) is 0.525. The summed E-state index contributed by atoms with van der Waals surface area (Å²) in [5.41, 5.74) is 2.57. The Bertz CT molecular complexity index is 1700. The molecule has 278 valence electrons. The molecule has 52 heavy (non-hydrogen) atoms. The molecule has 0 aromatic heterocycles. The van der Waals surface area contributed by atoms with Crippen LogP contribution in [-0.4, -0.2) is 106 Å². The molecule has 2 aliphatic heterocycles. The predicted molar refractivity (Wildman–Crippen MR) is 203 cm³/mol. The number of amidine groups is 1.